The molecule has 0 unspecified atom stereocenters. The molecule has 2 aliphatic heterocycles. The van der Waals surface area contributed by atoms with Gasteiger partial charge in [-0.05, 0) is 74.8 Å². The van der Waals surface area contributed by atoms with Gasteiger partial charge in [0.1, 0.15) is 5.75 Å². The molecule has 2 heterocycles. The van der Waals surface area contributed by atoms with E-state index >= 15 is 0 Å². The molecule has 5 nitrogen and oxygen atoms in total. The van der Waals surface area contributed by atoms with E-state index in [0.29, 0.717) is 36.9 Å². The van der Waals surface area contributed by atoms with Crippen molar-refractivity contribution in [3.05, 3.63) is 64.2 Å². The van der Waals surface area contributed by atoms with Crippen molar-refractivity contribution < 1.29 is 22.7 Å². The van der Waals surface area contributed by atoms with Crippen molar-refractivity contribution in [3.8, 4) is 5.75 Å². The molecular formula is C28H35ClF3N3O2. The molecule has 0 aromatic heterocycles. The van der Waals surface area contributed by atoms with E-state index in [0.717, 1.165) is 68.8 Å². The molecule has 4 rings (SSSR count). The molecule has 2 saturated heterocycles. The van der Waals surface area contributed by atoms with Crippen LogP contribution in [0.15, 0.2) is 42.5 Å². The molecule has 0 spiro atoms. The standard InChI is InChI=1S/C28H35ClF3N3O2/c1-21-16-24(8-9-25(21)29)37-20-27(17-26(36)35-14-12-33(2)13-15-35)10-3-11-34(19-27)18-22-4-6-23(7-5-22)28(30,31)32/h4-9,16H,3,10-15,17-20H2,1-2H3/t27-/m0/s1. The number of halogens is 4. The van der Waals surface area contributed by atoms with E-state index in [1.54, 1.807) is 12.1 Å². The molecule has 0 saturated carbocycles. The fourth-order valence-corrected chi connectivity index (χ4v) is 5.36. The van der Waals surface area contributed by atoms with Crippen molar-refractivity contribution in [2.75, 3.05) is 52.9 Å². The summed E-state index contributed by atoms with van der Waals surface area (Å²) < 4.78 is 45.2. The van der Waals surface area contributed by atoms with E-state index in [4.69, 9.17) is 16.3 Å². The molecule has 0 N–H and O–H groups in total. The highest BCUT2D eigenvalue weighted by Crippen LogP contribution is 2.37. The van der Waals surface area contributed by atoms with Gasteiger partial charge in [0.25, 0.3) is 0 Å². The quantitative estimate of drug-likeness (QED) is 0.468. The molecule has 2 aromatic rings. The Morgan fingerprint density at radius 2 is 1.76 bits per heavy atom. The number of hydrogen-bond acceptors (Lipinski definition) is 4. The highest BCUT2D eigenvalue weighted by molar-refractivity contribution is 6.31. The number of piperidine rings is 1. The Morgan fingerprint density at radius 3 is 2.41 bits per heavy atom. The largest absolute Gasteiger partial charge is 0.493 e. The first-order valence-electron chi connectivity index (χ1n) is 12.8. The van der Waals surface area contributed by atoms with Crippen molar-refractivity contribution in [1.29, 1.82) is 0 Å². The zero-order valence-corrected chi connectivity index (χ0v) is 22.2. The number of nitrogens with zero attached hydrogens (tertiary/aromatic N) is 3. The molecule has 37 heavy (non-hydrogen) atoms. The predicted molar refractivity (Wildman–Crippen MR) is 139 cm³/mol. The molecule has 9 heteroatoms. The fraction of sp³-hybridized carbons (Fsp3) is 0.536. The first-order chi connectivity index (χ1) is 17.5. The Morgan fingerprint density at radius 1 is 1.05 bits per heavy atom. The van der Waals surface area contributed by atoms with Crippen molar-refractivity contribution in [3.63, 3.8) is 0 Å². The summed E-state index contributed by atoms with van der Waals surface area (Å²) >= 11 is 6.17. The number of piperazine rings is 1. The first-order valence-corrected chi connectivity index (χ1v) is 13.1. The van der Waals surface area contributed by atoms with Gasteiger partial charge in [-0.2, -0.15) is 13.2 Å². The molecule has 1 amide bonds. The summed E-state index contributed by atoms with van der Waals surface area (Å²) in [4.78, 5) is 19.8. The number of alkyl halides is 3. The number of ether oxygens (including phenoxy) is 1. The number of likely N-dealkylation sites (N-methyl/N-ethyl adjacent to an activating group) is 1. The smallest absolute Gasteiger partial charge is 0.416 e. The zero-order chi connectivity index (χ0) is 26.6. The van der Waals surface area contributed by atoms with Crippen LogP contribution in [0.4, 0.5) is 13.2 Å². The molecule has 0 radical (unpaired) electrons. The minimum Gasteiger partial charge on any atom is -0.493 e. The first kappa shape index (κ1) is 27.7. The molecule has 0 bridgehead atoms. The molecule has 2 aromatic carbocycles. The number of likely N-dealkylation sites (tertiary alicyclic amines) is 1. The van der Waals surface area contributed by atoms with Crippen LogP contribution in [-0.2, 0) is 17.5 Å². The Hall–Kier alpha value is -2.29. The number of amides is 1. The highest BCUT2D eigenvalue weighted by atomic mass is 35.5. The van der Waals surface area contributed by atoms with E-state index in [9.17, 15) is 18.0 Å². The van der Waals surface area contributed by atoms with Crippen molar-refractivity contribution in [2.24, 2.45) is 5.41 Å². The van der Waals surface area contributed by atoms with E-state index < -0.39 is 17.2 Å². The maximum atomic E-state index is 13.4. The van der Waals surface area contributed by atoms with Crippen LogP contribution in [0.25, 0.3) is 0 Å². The van der Waals surface area contributed by atoms with Crippen LogP contribution in [0.2, 0.25) is 5.02 Å². The number of benzene rings is 2. The molecule has 2 fully saturated rings. The van der Waals surface area contributed by atoms with Gasteiger partial charge in [0.15, 0.2) is 0 Å². The van der Waals surface area contributed by atoms with Gasteiger partial charge in [0, 0.05) is 56.1 Å². The monoisotopic (exact) mass is 537 g/mol. The lowest BCUT2D eigenvalue weighted by Crippen LogP contribution is -2.52. The van der Waals surface area contributed by atoms with E-state index in [-0.39, 0.29) is 5.91 Å². The van der Waals surface area contributed by atoms with Gasteiger partial charge in [-0.25, -0.2) is 0 Å². The number of carbonyl (C=O) groups excluding carboxylic acids is 1. The summed E-state index contributed by atoms with van der Waals surface area (Å²) in [6, 6.07) is 10.9. The molecule has 1 atom stereocenters. The highest BCUT2D eigenvalue weighted by Gasteiger charge is 2.40. The Labute approximate surface area is 222 Å². The van der Waals surface area contributed by atoms with Gasteiger partial charge in [-0.1, -0.05) is 23.7 Å². The summed E-state index contributed by atoms with van der Waals surface area (Å²) in [6.45, 7) is 7.47. The predicted octanol–water partition coefficient (Wildman–Crippen LogP) is 5.49. The third kappa shape index (κ3) is 7.39. The summed E-state index contributed by atoms with van der Waals surface area (Å²) in [7, 11) is 2.06. The molecule has 202 valence electrons. The van der Waals surface area contributed by atoms with Crippen molar-refractivity contribution in [1.82, 2.24) is 14.7 Å². The third-order valence-electron chi connectivity index (χ3n) is 7.48. The summed E-state index contributed by atoms with van der Waals surface area (Å²) in [6.07, 6.45) is -2.23. The lowest BCUT2D eigenvalue weighted by molar-refractivity contribution is -0.138. The van der Waals surface area contributed by atoms with Crippen LogP contribution in [0, 0.1) is 12.3 Å². The van der Waals surface area contributed by atoms with E-state index in [1.165, 1.54) is 0 Å². The SMILES string of the molecule is Cc1cc(OC[C@]2(CC(=O)N3CCN(C)CC3)CCCN(Cc3ccc(C(F)(F)F)cc3)C2)ccc1Cl. The number of hydrogen-bond donors (Lipinski definition) is 0. The lowest BCUT2D eigenvalue weighted by atomic mass is 9.77. The second kappa shape index (κ2) is 11.6. The van der Waals surface area contributed by atoms with Crippen LogP contribution < -0.4 is 4.74 Å². The van der Waals surface area contributed by atoms with Gasteiger partial charge in [0.05, 0.1) is 12.2 Å². The number of rotatable bonds is 7. The topological polar surface area (TPSA) is 36.0 Å². The molecular weight excluding hydrogens is 503 g/mol. The number of aryl methyl sites for hydroxylation is 1. The van der Waals surface area contributed by atoms with Crippen LogP contribution in [0.1, 0.15) is 36.0 Å². The van der Waals surface area contributed by atoms with Crippen molar-refractivity contribution in [2.45, 2.75) is 38.9 Å². The molecule has 0 aliphatic carbocycles. The Bertz CT molecular complexity index is 1070. The van der Waals surface area contributed by atoms with E-state index in [2.05, 4.69) is 16.8 Å². The lowest BCUT2D eigenvalue weighted by Gasteiger charge is -2.43. The van der Waals surface area contributed by atoms with Crippen LogP contribution in [0.3, 0.4) is 0 Å². The minimum absolute atomic E-state index is 0.139. The third-order valence-corrected chi connectivity index (χ3v) is 7.91. The van der Waals surface area contributed by atoms with Crippen LogP contribution in [0.5, 0.6) is 5.75 Å². The second-order valence-corrected chi connectivity index (χ2v) is 11.0. The fourth-order valence-electron chi connectivity index (χ4n) is 5.25. The summed E-state index contributed by atoms with van der Waals surface area (Å²) in [5.74, 6) is 0.855. The average Bonchev–Trinajstić information content (AvgIpc) is 2.85. The van der Waals surface area contributed by atoms with Gasteiger partial charge in [0.2, 0.25) is 5.91 Å². The zero-order valence-electron chi connectivity index (χ0n) is 21.5. The maximum Gasteiger partial charge on any atom is 0.416 e. The Balaban J connectivity index is 1.48. The Kier molecular flexibility index (Phi) is 8.71. The van der Waals surface area contributed by atoms with Gasteiger partial charge >= 0.3 is 6.18 Å². The van der Waals surface area contributed by atoms with Gasteiger partial charge in [-0.15, -0.1) is 0 Å². The minimum atomic E-state index is -4.35. The van der Waals surface area contributed by atoms with Crippen LogP contribution in [-0.4, -0.2) is 73.5 Å². The number of carbonyl (C=O) groups is 1. The average molecular weight is 538 g/mol. The summed E-state index contributed by atoms with van der Waals surface area (Å²) in [5.41, 5.74) is 0.712. The van der Waals surface area contributed by atoms with Gasteiger partial charge < -0.3 is 14.5 Å². The van der Waals surface area contributed by atoms with Crippen molar-refractivity contribution >= 4 is 17.5 Å². The molecule has 2 aliphatic rings. The maximum absolute atomic E-state index is 13.4. The summed E-state index contributed by atoms with van der Waals surface area (Å²) in [5, 5.41) is 0.674. The van der Waals surface area contributed by atoms with Crippen LogP contribution >= 0.6 is 11.6 Å². The second-order valence-electron chi connectivity index (χ2n) is 10.6. The van der Waals surface area contributed by atoms with E-state index in [1.807, 2.05) is 30.0 Å². The van der Waals surface area contributed by atoms with Gasteiger partial charge in [-0.3, -0.25) is 9.69 Å². The normalized spacial score (nSPS) is 21.7.